The van der Waals surface area contributed by atoms with Crippen molar-refractivity contribution in [2.75, 3.05) is 6.54 Å². The lowest BCUT2D eigenvalue weighted by atomic mass is 10.0. The van der Waals surface area contributed by atoms with Crippen LogP contribution in [0.15, 0.2) is 24.3 Å². The van der Waals surface area contributed by atoms with Crippen LogP contribution in [0.25, 0.3) is 0 Å². The Morgan fingerprint density at radius 1 is 1.33 bits per heavy atom. The second-order valence-corrected chi connectivity index (χ2v) is 7.20. The molecule has 132 valence electrons. The number of carbonyl (C=O) groups is 2. The Bertz CT molecular complexity index is 592. The smallest absolute Gasteiger partial charge is 0.329 e. The van der Waals surface area contributed by atoms with Crippen LogP contribution in [0, 0.1) is 0 Å². The average Bonchev–Trinajstić information content (AvgIpc) is 2.96. The normalized spacial score (nSPS) is 19.2. The van der Waals surface area contributed by atoms with E-state index in [-0.39, 0.29) is 17.6 Å². The summed E-state index contributed by atoms with van der Waals surface area (Å²) in [5, 5.41) is 9.30. The van der Waals surface area contributed by atoms with Gasteiger partial charge in [-0.25, -0.2) is 4.79 Å². The quantitative estimate of drug-likeness (QED) is 0.816. The van der Waals surface area contributed by atoms with Gasteiger partial charge in [0.1, 0.15) is 17.4 Å². The molecule has 0 spiro atoms. The summed E-state index contributed by atoms with van der Waals surface area (Å²) < 4.78 is 5.41. The molecule has 1 aromatic carbocycles. The molecule has 3 N–H and O–H groups in total. The van der Waals surface area contributed by atoms with E-state index in [4.69, 9.17) is 10.5 Å². The van der Waals surface area contributed by atoms with Crippen LogP contribution in [-0.4, -0.2) is 46.1 Å². The molecule has 0 radical (unpaired) electrons. The van der Waals surface area contributed by atoms with Gasteiger partial charge in [0.05, 0.1) is 6.04 Å². The zero-order valence-electron chi connectivity index (χ0n) is 14.5. The van der Waals surface area contributed by atoms with Crippen LogP contribution in [0.1, 0.15) is 39.2 Å². The van der Waals surface area contributed by atoms with E-state index in [2.05, 4.69) is 0 Å². The molecular formula is C18H26N2O4. The first-order chi connectivity index (χ1) is 11.2. The van der Waals surface area contributed by atoms with Crippen LogP contribution >= 0.6 is 0 Å². The molecule has 1 aliphatic heterocycles. The average molecular weight is 334 g/mol. The number of hydrogen-bond donors (Lipinski definition) is 2. The van der Waals surface area contributed by atoms with Crippen molar-refractivity contribution in [3.8, 4) is 5.75 Å². The number of amides is 1. The zero-order chi connectivity index (χ0) is 17.9. The summed E-state index contributed by atoms with van der Waals surface area (Å²) in [7, 11) is 0. The number of aromatic hydroxyl groups is 1. The second-order valence-electron chi connectivity index (χ2n) is 7.20. The molecule has 0 aromatic heterocycles. The third-order valence-electron chi connectivity index (χ3n) is 3.92. The monoisotopic (exact) mass is 334 g/mol. The van der Waals surface area contributed by atoms with Crippen LogP contribution in [0.5, 0.6) is 5.75 Å². The molecule has 2 atom stereocenters. The molecule has 1 heterocycles. The van der Waals surface area contributed by atoms with Crippen molar-refractivity contribution in [1.82, 2.24) is 4.90 Å². The maximum absolute atomic E-state index is 12.6. The first kappa shape index (κ1) is 18.3. The molecular weight excluding hydrogens is 308 g/mol. The van der Waals surface area contributed by atoms with Gasteiger partial charge in [-0.3, -0.25) is 4.79 Å². The minimum absolute atomic E-state index is 0.170. The lowest BCUT2D eigenvalue weighted by molar-refractivity contribution is -0.163. The Morgan fingerprint density at radius 2 is 1.96 bits per heavy atom. The van der Waals surface area contributed by atoms with E-state index >= 15 is 0 Å². The highest BCUT2D eigenvalue weighted by atomic mass is 16.6. The molecule has 2 unspecified atom stereocenters. The van der Waals surface area contributed by atoms with Crippen molar-refractivity contribution >= 4 is 11.9 Å². The SMILES string of the molecule is CC(C)(C)OC(=O)C1CCCN1C(=O)C(N)Cc1ccc(O)cc1. The number of nitrogens with zero attached hydrogens (tertiary/aromatic N) is 1. The molecule has 1 aliphatic rings. The van der Waals surface area contributed by atoms with Gasteiger partial charge in [0.2, 0.25) is 5.91 Å². The zero-order valence-corrected chi connectivity index (χ0v) is 14.5. The first-order valence-electron chi connectivity index (χ1n) is 8.24. The van der Waals surface area contributed by atoms with Crippen molar-refractivity contribution < 1.29 is 19.4 Å². The van der Waals surface area contributed by atoms with Crippen molar-refractivity contribution in [3.05, 3.63) is 29.8 Å². The number of nitrogens with two attached hydrogens (primary N) is 1. The fraction of sp³-hybridized carbons (Fsp3) is 0.556. The Balaban J connectivity index is 2.01. The van der Waals surface area contributed by atoms with Crippen molar-refractivity contribution in [2.45, 2.75) is 57.7 Å². The first-order valence-corrected chi connectivity index (χ1v) is 8.24. The predicted molar refractivity (Wildman–Crippen MR) is 90.4 cm³/mol. The fourth-order valence-electron chi connectivity index (χ4n) is 2.83. The number of phenolic OH excluding ortho intramolecular Hbond substituents is 1. The Hall–Kier alpha value is -2.08. The van der Waals surface area contributed by atoms with Crippen molar-refractivity contribution in [1.29, 1.82) is 0 Å². The van der Waals surface area contributed by atoms with Gasteiger partial charge in [-0.1, -0.05) is 12.1 Å². The Labute approximate surface area is 142 Å². The topological polar surface area (TPSA) is 92.9 Å². The van der Waals surface area contributed by atoms with Gasteiger partial charge in [0.15, 0.2) is 0 Å². The van der Waals surface area contributed by atoms with Gasteiger partial charge in [-0.2, -0.15) is 0 Å². The fourth-order valence-corrected chi connectivity index (χ4v) is 2.83. The Kier molecular flexibility index (Phi) is 5.49. The maximum Gasteiger partial charge on any atom is 0.329 e. The number of rotatable bonds is 4. The molecule has 1 fully saturated rings. The van der Waals surface area contributed by atoms with Crippen molar-refractivity contribution in [2.24, 2.45) is 5.73 Å². The minimum atomic E-state index is -0.724. The summed E-state index contributed by atoms with van der Waals surface area (Å²) in [6, 6.07) is 5.31. The number of ether oxygens (including phenoxy) is 1. The summed E-state index contributed by atoms with van der Waals surface area (Å²) in [5.74, 6) is -0.440. The van der Waals surface area contributed by atoms with E-state index in [1.807, 2.05) is 20.8 Å². The summed E-state index contributed by atoms with van der Waals surface area (Å²) in [4.78, 5) is 26.5. The van der Waals surface area contributed by atoms with E-state index in [0.717, 1.165) is 12.0 Å². The van der Waals surface area contributed by atoms with Crippen LogP contribution < -0.4 is 5.73 Å². The number of carbonyl (C=O) groups excluding carboxylic acids is 2. The van der Waals surface area contributed by atoms with Gasteiger partial charge in [-0.15, -0.1) is 0 Å². The van der Waals surface area contributed by atoms with Crippen molar-refractivity contribution in [3.63, 3.8) is 0 Å². The third-order valence-corrected chi connectivity index (χ3v) is 3.92. The van der Waals surface area contributed by atoms with Gasteiger partial charge >= 0.3 is 5.97 Å². The number of likely N-dealkylation sites (tertiary alicyclic amines) is 1. The molecule has 24 heavy (non-hydrogen) atoms. The number of esters is 1. The van der Waals surface area contributed by atoms with Crippen LogP contribution in [0.4, 0.5) is 0 Å². The highest BCUT2D eigenvalue weighted by Gasteiger charge is 2.38. The van der Waals surface area contributed by atoms with Gasteiger partial charge < -0.3 is 20.5 Å². The maximum atomic E-state index is 12.6. The Morgan fingerprint density at radius 3 is 2.54 bits per heavy atom. The minimum Gasteiger partial charge on any atom is -0.508 e. The van der Waals surface area contributed by atoms with E-state index < -0.39 is 17.7 Å². The van der Waals surface area contributed by atoms with E-state index in [9.17, 15) is 14.7 Å². The molecule has 0 saturated carbocycles. The van der Waals surface area contributed by atoms with Crippen LogP contribution in [-0.2, 0) is 20.7 Å². The molecule has 1 amide bonds. The number of phenols is 1. The van der Waals surface area contributed by atoms with E-state index in [1.54, 1.807) is 29.2 Å². The highest BCUT2D eigenvalue weighted by molar-refractivity contribution is 5.88. The van der Waals surface area contributed by atoms with Crippen LogP contribution in [0.3, 0.4) is 0 Å². The van der Waals surface area contributed by atoms with Crippen LogP contribution in [0.2, 0.25) is 0 Å². The summed E-state index contributed by atoms with van der Waals surface area (Å²) >= 11 is 0. The lowest BCUT2D eigenvalue weighted by Gasteiger charge is -2.29. The molecule has 1 aromatic rings. The van der Waals surface area contributed by atoms with E-state index in [0.29, 0.717) is 19.4 Å². The predicted octanol–water partition coefficient (Wildman–Crippen LogP) is 1.59. The molecule has 2 rings (SSSR count). The third kappa shape index (κ3) is 4.71. The molecule has 0 bridgehead atoms. The molecule has 1 saturated heterocycles. The number of benzene rings is 1. The standard InChI is InChI=1S/C18H26N2O4/c1-18(2,3)24-17(23)15-5-4-10-20(15)16(22)14(19)11-12-6-8-13(21)9-7-12/h6-9,14-15,21H,4-5,10-11,19H2,1-3H3. The molecule has 6 nitrogen and oxygen atoms in total. The molecule has 0 aliphatic carbocycles. The van der Waals surface area contributed by atoms with E-state index in [1.165, 1.54) is 0 Å². The number of hydrogen-bond acceptors (Lipinski definition) is 5. The summed E-state index contributed by atoms with van der Waals surface area (Å²) in [6.07, 6.45) is 1.73. The highest BCUT2D eigenvalue weighted by Crippen LogP contribution is 2.22. The second kappa shape index (κ2) is 7.21. The molecule has 6 heteroatoms. The summed E-state index contributed by atoms with van der Waals surface area (Å²) in [6.45, 7) is 5.94. The van der Waals surface area contributed by atoms with Gasteiger partial charge in [-0.05, 0) is 57.7 Å². The largest absolute Gasteiger partial charge is 0.508 e. The van der Waals surface area contributed by atoms with Gasteiger partial charge in [0, 0.05) is 6.54 Å². The summed E-state index contributed by atoms with van der Waals surface area (Å²) in [5.41, 5.74) is 6.33. The lowest BCUT2D eigenvalue weighted by Crippen LogP contribution is -2.50. The van der Waals surface area contributed by atoms with Gasteiger partial charge in [0.25, 0.3) is 0 Å².